The number of hydrogen-bond donors (Lipinski definition) is 2. The van der Waals surface area contributed by atoms with Crippen molar-refractivity contribution in [2.75, 3.05) is 32.8 Å². The summed E-state index contributed by atoms with van der Waals surface area (Å²) in [5.41, 5.74) is 5.39. The second kappa shape index (κ2) is 5.16. The molecule has 1 fully saturated rings. The summed E-state index contributed by atoms with van der Waals surface area (Å²) >= 11 is 0. The first-order chi connectivity index (χ1) is 6.25. The summed E-state index contributed by atoms with van der Waals surface area (Å²) in [6.45, 7) is 2.90. The monoisotopic (exact) mass is 188 g/mol. The standard InChI is InChI=1S/C8H16N2O3/c9-6-7(8(11)12)10-2-1-4-13-5-3-10/h7H,1-6,9H2,(H,11,12). The molecule has 0 aromatic rings. The molecule has 1 saturated heterocycles. The Morgan fingerprint density at radius 2 is 2.31 bits per heavy atom. The van der Waals surface area contributed by atoms with Gasteiger partial charge < -0.3 is 15.6 Å². The molecule has 0 bridgehead atoms. The maximum atomic E-state index is 10.8. The maximum absolute atomic E-state index is 10.8. The second-order valence-corrected chi connectivity index (χ2v) is 3.09. The topological polar surface area (TPSA) is 75.8 Å². The van der Waals surface area contributed by atoms with Gasteiger partial charge in [0.15, 0.2) is 0 Å². The Bertz CT molecular complexity index is 167. The van der Waals surface area contributed by atoms with Crippen LogP contribution in [0.4, 0.5) is 0 Å². The van der Waals surface area contributed by atoms with E-state index in [-0.39, 0.29) is 6.54 Å². The Balaban J connectivity index is 2.50. The van der Waals surface area contributed by atoms with Gasteiger partial charge in [-0.3, -0.25) is 9.69 Å². The minimum Gasteiger partial charge on any atom is -0.480 e. The van der Waals surface area contributed by atoms with Crippen LogP contribution in [-0.2, 0) is 9.53 Å². The smallest absolute Gasteiger partial charge is 0.322 e. The summed E-state index contributed by atoms with van der Waals surface area (Å²) in [7, 11) is 0. The zero-order valence-corrected chi connectivity index (χ0v) is 7.61. The maximum Gasteiger partial charge on any atom is 0.322 e. The summed E-state index contributed by atoms with van der Waals surface area (Å²) in [5.74, 6) is -0.843. The first-order valence-corrected chi connectivity index (χ1v) is 4.50. The van der Waals surface area contributed by atoms with Crippen LogP contribution in [-0.4, -0.2) is 54.9 Å². The molecule has 0 saturated carbocycles. The number of rotatable bonds is 3. The molecule has 1 aliphatic heterocycles. The van der Waals surface area contributed by atoms with E-state index >= 15 is 0 Å². The molecule has 1 heterocycles. The summed E-state index contributed by atoms with van der Waals surface area (Å²) in [5, 5.41) is 8.85. The lowest BCUT2D eigenvalue weighted by Gasteiger charge is -2.25. The van der Waals surface area contributed by atoms with E-state index in [1.165, 1.54) is 0 Å². The SMILES string of the molecule is NCC(C(=O)O)N1CCCOCC1. The lowest BCUT2D eigenvalue weighted by molar-refractivity contribution is -0.142. The third-order valence-corrected chi connectivity index (χ3v) is 2.21. The van der Waals surface area contributed by atoms with Crippen molar-refractivity contribution in [1.82, 2.24) is 4.90 Å². The van der Waals surface area contributed by atoms with Gasteiger partial charge in [0.1, 0.15) is 6.04 Å². The van der Waals surface area contributed by atoms with Crippen LogP contribution in [0.15, 0.2) is 0 Å². The fourth-order valence-corrected chi connectivity index (χ4v) is 1.48. The van der Waals surface area contributed by atoms with Gasteiger partial charge in [-0.05, 0) is 6.42 Å². The van der Waals surface area contributed by atoms with Gasteiger partial charge in [-0.25, -0.2) is 0 Å². The van der Waals surface area contributed by atoms with Gasteiger partial charge in [0.2, 0.25) is 0 Å². The molecule has 0 spiro atoms. The van der Waals surface area contributed by atoms with E-state index in [1.54, 1.807) is 0 Å². The average molecular weight is 188 g/mol. The molecule has 0 amide bonds. The Labute approximate surface area is 77.5 Å². The Kier molecular flexibility index (Phi) is 4.14. The fraction of sp³-hybridized carbons (Fsp3) is 0.875. The van der Waals surface area contributed by atoms with Crippen molar-refractivity contribution >= 4 is 5.97 Å². The normalized spacial score (nSPS) is 22.2. The Morgan fingerprint density at radius 1 is 1.54 bits per heavy atom. The predicted molar refractivity (Wildman–Crippen MR) is 47.5 cm³/mol. The van der Waals surface area contributed by atoms with E-state index in [2.05, 4.69) is 0 Å². The number of ether oxygens (including phenoxy) is 1. The van der Waals surface area contributed by atoms with E-state index in [1.807, 2.05) is 4.90 Å². The number of nitrogens with two attached hydrogens (primary N) is 1. The highest BCUT2D eigenvalue weighted by atomic mass is 16.5. The van der Waals surface area contributed by atoms with Crippen LogP contribution in [0.25, 0.3) is 0 Å². The summed E-state index contributed by atoms with van der Waals surface area (Å²) in [6, 6.07) is -0.554. The highest BCUT2D eigenvalue weighted by Gasteiger charge is 2.24. The van der Waals surface area contributed by atoms with Crippen molar-refractivity contribution in [3.8, 4) is 0 Å². The quantitative estimate of drug-likeness (QED) is 0.601. The van der Waals surface area contributed by atoms with Crippen LogP contribution in [0.1, 0.15) is 6.42 Å². The Hall–Kier alpha value is -0.650. The molecule has 13 heavy (non-hydrogen) atoms. The molecule has 1 rings (SSSR count). The molecule has 0 radical (unpaired) electrons. The van der Waals surface area contributed by atoms with Gasteiger partial charge in [-0.2, -0.15) is 0 Å². The lowest BCUT2D eigenvalue weighted by atomic mass is 10.2. The molecule has 76 valence electrons. The molecular weight excluding hydrogens is 172 g/mol. The minimum atomic E-state index is -0.843. The van der Waals surface area contributed by atoms with E-state index in [0.717, 1.165) is 13.0 Å². The van der Waals surface area contributed by atoms with Gasteiger partial charge in [-0.15, -0.1) is 0 Å². The minimum absolute atomic E-state index is 0.162. The molecule has 3 N–H and O–H groups in total. The van der Waals surface area contributed by atoms with Gasteiger partial charge in [0.25, 0.3) is 0 Å². The number of nitrogens with zero attached hydrogens (tertiary/aromatic N) is 1. The van der Waals surface area contributed by atoms with Gasteiger partial charge in [0, 0.05) is 26.2 Å². The average Bonchev–Trinajstić information content (AvgIpc) is 2.33. The third kappa shape index (κ3) is 2.95. The molecule has 0 aromatic carbocycles. The van der Waals surface area contributed by atoms with Gasteiger partial charge >= 0.3 is 5.97 Å². The molecular formula is C8H16N2O3. The summed E-state index contributed by atoms with van der Waals surface area (Å²) < 4.78 is 5.22. The van der Waals surface area contributed by atoms with E-state index in [0.29, 0.717) is 19.8 Å². The molecule has 1 atom stereocenters. The zero-order valence-electron chi connectivity index (χ0n) is 7.61. The predicted octanol–water partition coefficient (Wildman–Crippen LogP) is -0.879. The highest BCUT2D eigenvalue weighted by Crippen LogP contribution is 2.04. The number of carboxylic acids is 1. The van der Waals surface area contributed by atoms with Crippen LogP contribution in [0.5, 0.6) is 0 Å². The number of aliphatic carboxylic acids is 1. The van der Waals surface area contributed by atoms with Crippen molar-refractivity contribution < 1.29 is 14.6 Å². The molecule has 5 nitrogen and oxygen atoms in total. The van der Waals surface area contributed by atoms with Crippen molar-refractivity contribution in [2.24, 2.45) is 5.73 Å². The first-order valence-electron chi connectivity index (χ1n) is 4.50. The molecule has 0 aromatic heterocycles. The third-order valence-electron chi connectivity index (χ3n) is 2.21. The van der Waals surface area contributed by atoms with Gasteiger partial charge in [-0.1, -0.05) is 0 Å². The Morgan fingerprint density at radius 3 is 2.92 bits per heavy atom. The molecule has 1 unspecified atom stereocenters. The van der Waals surface area contributed by atoms with Crippen LogP contribution >= 0.6 is 0 Å². The van der Waals surface area contributed by atoms with E-state index < -0.39 is 12.0 Å². The summed E-state index contributed by atoms with van der Waals surface area (Å²) in [6.07, 6.45) is 0.879. The highest BCUT2D eigenvalue weighted by molar-refractivity contribution is 5.73. The fourth-order valence-electron chi connectivity index (χ4n) is 1.48. The molecule has 1 aliphatic rings. The van der Waals surface area contributed by atoms with E-state index in [4.69, 9.17) is 15.6 Å². The largest absolute Gasteiger partial charge is 0.480 e. The van der Waals surface area contributed by atoms with Crippen molar-refractivity contribution in [1.29, 1.82) is 0 Å². The first kappa shape index (κ1) is 10.4. The van der Waals surface area contributed by atoms with Crippen molar-refractivity contribution in [3.63, 3.8) is 0 Å². The van der Waals surface area contributed by atoms with Crippen molar-refractivity contribution in [3.05, 3.63) is 0 Å². The van der Waals surface area contributed by atoms with Crippen molar-refractivity contribution in [2.45, 2.75) is 12.5 Å². The number of carboxylic acid groups (broad SMARTS) is 1. The van der Waals surface area contributed by atoms with Crippen LogP contribution in [0.2, 0.25) is 0 Å². The van der Waals surface area contributed by atoms with Gasteiger partial charge in [0.05, 0.1) is 6.61 Å². The molecule has 0 aliphatic carbocycles. The van der Waals surface area contributed by atoms with Crippen LogP contribution in [0, 0.1) is 0 Å². The molecule has 5 heteroatoms. The number of hydrogen-bond acceptors (Lipinski definition) is 4. The van der Waals surface area contributed by atoms with Crippen LogP contribution < -0.4 is 5.73 Å². The lowest BCUT2D eigenvalue weighted by Crippen LogP contribution is -2.47. The second-order valence-electron chi connectivity index (χ2n) is 3.09. The zero-order chi connectivity index (χ0) is 9.68. The number of carbonyl (C=O) groups is 1. The summed E-state index contributed by atoms with van der Waals surface area (Å²) in [4.78, 5) is 12.6. The van der Waals surface area contributed by atoms with Crippen LogP contribution in [0.3, 0.4) is 0 Å². The van der Waals surface area contributed by atoms with E-state index in [9.17, 15) is 4.79 Å².